The van der Waals surface area contributed by atoms with Crippen molar-refractivity contribution in [3.63, 3.8) is 0 Å². The van der Waals surface area contributed by atoms with Gasteiger partial charge in [0.2, 0.25) is 5.91 Å². The molecule has 19 heavy (non-hydrogen) atoms. The molecule has 0 aromatic carbocycles. The second-order valence-electron chi connectivity index (χ2n) is 5.71. The molecule has 114 valence electrons. The predicted molar refractivity (Wildman–Crippen MR) is 87.7 cm³/mol. The zero-order valence-corrected chi connectivity index (χ0v) is 14.2. The maximum Gasteiger partial charge on any atom is 0.220 e. The number of carbonyl (C=O) groups excluding carboxylic acids is 1. The van der Waals surface area contributed by atoms with Gasteiger partial charge in [0, 0.05) is 24.3 Å². The second-order valence-corrected chi connectivity index (χ2v) is 7.76. The largest absolute Gasteiger partial charge is 0.354 e. The summed E-state index contributed by atoms with van der Waals surface area (Å²) in [4.78, 5) is 11.9. The Morgan fingerprint density at radius 1 is 1.16 bits per heavy atom. The van der Waals surface area contributed by atoms with Gasteiger partial charge in [0.25, 0.3) is 0 Å². The van der Waals surface area contributed by atoms with Crippen LogP contribution in [0.2, 0.25) is 0 Å². The van der Waals surface area contributed by atoms with Crippen LogP contribution in [0.3, 0.4) is 0 Å². The van der Waals surface area contributed by atoms with E-state index in [0.29, 0.717) is 18.3 Å². The van der Waals surface area contributed by atoms with Gasteiger partial charge in [-0.3, -0.25) is 9.93 Å². The van der Waals surface area contributed by atoms with Crippen LogP contribution in [0, 0.1) is 11.8 Å². The predicted octanol–water partition coefficient (Wildman–Crippen LogP) is 2.54. The number of carbonyl (C=O) groups is 1. The van der Waals surface area contributed by atoms with Crippen molar-refractivity contribution in [2.75, 3.05) is 5.75 Å². The third kappa shape index (κ3) is 11.6. The van der Waals surface area contributed by atoms with Crippen molar-refractivity contribution in [2.24, 2.45) is 22.7 Å². The standard InChI is InChI=1S/C13H29N3OS2/c1-9(5-11(3)14)7-13(17)16-12(4)6-10(2)8-18-19-15/h9-12H,5-8,14-15H2,1-4H3,(H,16,17). The third-order valence-electron chi connectivity index (χ3n) is 2.89. The lowest BCUT2D eigenvalue weighted by Gasteiger charge is -2.20. The average Bonchev–Trinajstić information content (AvgIpc) is 2.24. The number of rotatable bonds is 10. The van der Waals surface area contributed by atoms with E-state index in [1.54, 1.807) is 10.8 Å². The van der Waals surface area contributed by atoms with Crippen LogP contribution in [0.15, 0.2) is 0 Å². The fourth-order valence-electron chi connectivity index (χ4n) is 2.25. The third-order valence-corrected chi connectivity index (χ3v) is 4.55. The van der Waals surface area contributed by atoms with Gasteiger partial charge in [0.1, 0.15) is 0 Å². The smallest absolute Gasteiger partial charge is 0.220 e. The number of hydrogen-bond donors (Lipinski definition) is 3. The van der Waals surface area contributed by atoms with Gasteiger partial charge in [-0.1, -0.05) is 24.6 Å². The summed E-state index contributed by atoms with van der Waals surface area (Å²) in [5, 5.41) is 8.45. The van der Waals surface area contributed by atoms with E-state index < -0.39 is 0 Å². The van der Waals surface area contributed by atoms with E-state index in [-0.39, 0.29) is 18.0 Å². The first-order valence-electron chi connectivity index (χ1n) is 6.88. The maximum absolute atomic E-state index is 11.9. The van der Waals surface area contributed by atoms with Crippen LogP contribution in [0.5, 0.6) is 0 Å². The van der Waals surface area contributed by atoms with Crippen molar-refractivity contribution in [1.82, 2.24) is 5.32 Å². The molecule has 0 saturated carbocycles. The molecule has 0 aliphatic rings. The van der Waals surface area contributed by atoms with Crippen molar-refractivity contribution < 1.29 is 4.79 Å². The highest BCUT2D eigenvalue weighted by Gasteiger charge is 2.14. The monoisotopic (exact) mass is 307 g/mol. The molecule has 0 aliphatic heterocycles. The summed E-state index contributed by atoms with van der Waals surface area (Å²) in [6, 6.07) is 0.374. The fourth-order valence-corrected chi connectivity index (χ4v) is 3.63. The van der Waals surface area contributed by atoms with E-state index in [9.17, 15) is 4.79 Å². The van der Waals surface area contributed by atoms with E-state index in [0.717, 1.165) is 18.6 Å². The summed E-state index contributed by atoms with van der Waals surface area (Å²) in [7, 11) is 2.96. The molecular formula is C13H29N3OS2. The molecule has 0 heterocycles. The quantitative estimate of drug-likeness (QED) is 0.427. The molecule has 0 aromatic heterocycles. The molecule has 1 amide bonds. The highest BCUT2D eigenvalue weighted by molar-refractivity contribution is 8.75. The SMILES string of the molecule is CC(N)CC(C)CC(=O)NC(C)CC(C)CSSN. The lowest BCUT2D eigenvalue weighted by atomic mass is 9.99. The van der Waals surface area contributed by atoms with E-state index in [4.69, 9.17) is 10.9 Å². The number of nitrogens with one attached hydrogen (secondary N) is 1. The van der Waals surface area contributed by atoms with E-state index >= 15 is 0 Å². The first-order chi connectivity index (χ1) is 8.85. The van der Waals surface area contributed by atoms with Crippen LogP contribution in [0.4, 0.5) is 0 Å². The summed E-state index contributed by atoms with van der Waals surface area (Å²) >= 11 is 0. The molecule has 4 unspecified atom stereocenters. The Morgan fingerprint density at radius 3 is 2.32 bits per heavy atom. The van der Waals surface area contributed by atoms with Crippen molar-refractivity contribution in [1.29, 1.82) is 0 Å². The Hall–Kier alpha value is 0.0900. The summed E-state index contributed by atoms with van der Waals surface area (Å²) in [6.07, 6.45) is 2.44. The maximum atomic E-state index is 11.9. The van der Waals surface area contributed by atoms with Gasteiger partial charge in [0.15, 0.2) is 0 Å². The summed E-state index contributed by atoms with van der Waals surface area (Å²) < 4.78 is 0. The van der Waals surface area contributed by atoms with Gasteiger partial charge in [-0.15, -0.1) is 0 Å². The normalized spacial score (nSPS) is 17.6. The Labute approximate surface area is 125 Å². The molecule has 0 aromatic rings. The molecular weight excluding hydrogens is 278 g/mol. The van der Waals surface area contributed by atoms with E-state index in [2.05, 4.69) is 26.1 Å². The average molecular weight is 308 g/mol. The van der Waals surface area contributed by atoms with Gasteiger partial charge in [-0.2, -0.15) is 0 Å². The minimum Gasteiger partial charge on any atom is -0.354 e. The Bertz CT molecular complexity index is 252. The van der Waals surface area contributed by atoms with Gasteiger partial charge in [0.05, 0.1) is 0 Å². The molecule has 0 bridgehead atoms. The fraction of sp³-hybridized carbons (Fsp3) is 0.923. The Balaban J connectivity index is 3.85. The first kappa shape index (κ1) is 19.1. The number of amides is 1. The van der Waals surface area contributed by atoms with Crippen LogP contribution in [-0.4, -0.2) is 23.7 Å². The van der Waals surface area contributed by atoms with Gasteiger partial charge in [-0.25, -0.2) is 0 Å². The molecule has 5 N–H and O–H groups in total. The lowest BCUT2D eigenvalue weighted by molar-refractivity contribution is -0.122. The summed E-state index contributed by atoms with van der Waals surface area (Å²) in [5.74, 6) is 2.04. The lowest BCUT2D eigenvalue weighted by Crippen LogP contribution is -2.35. The van der Waals surface area contributed by atoms with Crippen LogP contribution in [-0.2, 0) is 4.79 Å². The number of nitrogens with two attached hydrogens (primary N) is 2. The van der Waals surface area contributed by atoms with Gasteiger partial charge < -0.3 is 11.1 Å². The van der Waals surface area contributed by atoms with Gasteiger partial charge >= 0.3 is 0 Å². The van der Waals surface area contributed by atoms with Crippen LogP contribution >= 0.6 is 21.8 Å². The molecule has 0 spiro atoms. The van der Waals surface area contributed by atoms with Crippen molar-refractivity contribution >= 4 is 27.7 Å². The highest BCUT2D eigenvalue weighted by atomic mass is 33.1. The molecule has 0 radical (unpaired) electrons. The van der Waals surface area contributed by atoms with E-state index in [1.807, 2.05) is 6.92 Å². The van der Waals surface area contributed by atoms with Crippen molar-refractivity contribution in [3.8, 4) is 0 Å². The summed E-state index contributed by atoms with van der Waals surface area (Å²) in [6.45, 7) is 8.30. The molecule has 6 heteroatoms. The van der Waals surface area contributed by atoms with Crippen LogP contribution in [0.25, 0.3) is 0 Å². The first-order valence-corrected chi connectivity index (χ1v) is 9.26. The molecule has 0 fully saturated rings. The zero-order chi connectivity index (χ0) is 14.8. The molecule has 0 rings (SSSR count). The Morgan fingerprint density at radius 2 is 1.79 bits per heavy atom. The minimum atomic E-state index is 0.133. The van der Waals surface area contributed by atoms with Gasteiger partial charge in [-0.05, 0) is 49.5 Å². The van der Waals surface area contributed by atoms with Crippen LogP contribution in [0.1, 0.15) is 47.0 Å². The van der Waals surface area contributed by atoms with Crippen molar-refractivity contribution in [2.45, 2.75) is 59.0 Å². The van der Waals surface area contributed by atoms with Crippen LogP contribution < -0.4 is 16.2 Å². The zero-order valence-electron chi connectivity index (χ0n) is 12.5. The molecule has 4 atom stereocenters. The second kappa shape index (κ2) is 10.8. The Kier molecular flexibility index (Phi) is 10.9. The molecule has 4 nitrogen and oxygen atoms in total. The topological polar surface area (TPSA) is 81.1 Å². The molecule has 0 aliphatic carbocycles. The number of hydrogen-bond acceptors (Lipinski definition) is 5. The highest BCUT2D eigenvalue weighted by Crippen LogP contribution is 2.20. The van der Waals surface area contributed by atoms with Crippen molar-refractivity contribution in [3.05, 3.63) is 0 Å². The van der Waals surface area contributed by atoms with E-state index in [1.165, 1.54) is 11.0 Å². The summed E-state index contributed by atoms with van der Waals surface area (Å²) in [5.41, 5.74) is 5.74. The minimum absolute atomic E-state index is 0.133. The molecule has 0 saturated heterocycles.